The average Bonchev–Trinajstić information content (AvgIpc) is 2.94. The lowest BCUT2D eigenvalue weighted by atomic mass is 10.0. The number of amides is 1. The summed E-state index contributed by atoms with van der Waals surface area (Å²) in [7, 11) is 1.66. The molecule has 1 saturated heterocycles. The lowest BCUT2D eigenvalue weighted by molar-refractivity contribution is -0.132. The number of likely N-dealkylation sites (tertiary alicyclic amines) is 1. The van der Waals surface area contributed by atoms with E-state index in [1.807, 2.05) is 23.1 Å². The number of rotatable bonds is 5. The predicted molar refractivity (Wildman–Crippen MR) is 82.2 cm³/mol. The van der Waals surface area contributed by atoms with Crippen molar-refractivity contribution in [3.63, 3.8) is 0 Å². The zero-order chi connectivity index (χ0) is 13.7. The zero-order valence-electron chi connectivity index (χ0n) is 11.9. The summed E-state index contributed by atoms with van der Waals surface area (Å²) in [5.41, 5.74) is 6.64. The molecular formula is C15H23ClN2O2. The van der Waals surface area contributed by atoms with E-state index in [-0.39, 0.29) is 24.4 Å². The lowest BCUT2D eigenvalue weighted by Crippen LogP contribution is -2.30. The van der Waals surface area contributed by atoms with E-state index < -0.39 is 0 Å². The smallest absolute Gasteiger partial charge is 0.223 e. The van der Waals surface area contributed by atoms with Gasteiger partial charge in [-0.25, -0.2) is 0 Å². The molecule has 0 bridgehead atoms. The normalized spacial score (nSPS) is 17.7. The van der Waals surface area contributed by atoms with Crippen molar-refractivity contribution in [1.82, 2.24) is 4.90 Å². The van der Waals surface area contributed by atoms with Crippen molar-refractivity contribution >= 4 is 18.3 Å². The fourth-order valence-corrected chi connectivity index (χ4v) is 2.66. The van der Waals surface area contributed by atoms with Crippen LogP contribution in [0.2, 0.25) is 0 Å². The van der Waals surface area contributed by atoms with Crippen LogP contribution < -0.4 is 10.5 Å². The van der Waals surface area contributed by atoms with Crippen molar-refractivity contribution < 1.29 is 9.53 Å². The molecule has 1 atom stereocenters. The van der Waals surface area contributed by atoms with Gasteiger partial charge in [0.2, 0.25) is 5.91 Å². The van der Waals surface area contributed by atoms with Gasteiger partial charge in [0.05, 0.1) is 13.2 Å². The molecule has 0 aliphatic carbocycles. The SMILES string of the molecule is COc1cccc(C2CCCN2C(=O)CCCN)c1.Cl. The summed E-state index contributed by atoms with van der Waals surface area (Å²) in [6.45, 7) is 1.43. The molecule has 0 spiro atoms. The van der Waals surface area contributed by atoms with Crippen LogP contribution in [-0.2, 0) is 4.79 Å². The molecule has 5 heteroatoms. The van der Waals surface area contributed by atoms with E-state index in [2.05, 4.69) is 6.07 Å². The molecule has 0 radical (unpaired) electrons. The highest BCUT2D eigenvalue weighted by Crippen LogP contribution is 2.33. The Hall–Kier alpha value is -1.26. The zero-order valence-corrected chi connectivity index (χ0v) is 12.7. The maximum absolute atomic E-state index is 12.2. The molecule has 20 heavy (non-hydrogen) atoms. The van der Waals surface area contributed by atoms with Gasteiger partial charge in [-0.1, -0.05) is 12.1 Å². The van der Waals surface area contributed by atoms with Gasteiger partial charge in [0.25, 0.3) is 0 Å². The summed E-state index contributed by atoms with van der Waals surface area (Å²) in [5, 5.41) is 0. The first-order chi connectivity index (χ1) is 9.26. The molecule has 1 aliphatic heterocycles. The second-order valence-corrected chi connectivity index (χ2v) is 4.91. The number of benzene rings is 1. The second kappa shape index (κ2) is 8.12. The van der Waals surface area contributed by atoms with E-state index in [0.29, 0.717) is 13.0 Å². The lowest BCUT2D eigenvalue weighted by Gasteiger charge is -2.25. The van der Waals surface area contributed by atoms with Crippen LogP contribution in [0.4, 0.5) is 0 Å². The fourth-order valence-electron chi connectivity index (χ4n) is 2.66. The summed E-state index contributed by atoms with van der Waals surface area (Å²) >= 11 is 0. The van der Waals surface area contributed by atoms with Gasteiger partial charge in [-0.15, -0.1) is 12.4 Å². The molecule has 1 amide bonds. The minimum absolute atomic E-state index is 0. The Bertz CT molecular complexity index is 440. The van der Waals surface area contributed by atoms with Gasteiger partial charge >= 0.3 is 0 Å². The van der Waals surface area contributed by atoms with Gasteiger partial charge in [0.1, 0.15) is 5.75 Å². The topological polar surface area (TPSA) is 55.6 Å². The van der Waals surface area contributed by atoms with Crippen molar-refractivity contribution in [1.29, 1.82) is 0 Å². The van der Waals surface area contributed by atoms with Gasteiger partial charge in [-0.05, 0) is 43.5 Å². The summed E-state index contributed by atoms with van der Waals surface area (Å²) in [5.74, 6) is 1.06. The molecule has 2 rings (SSSR count). The molecule has 1 aliphatic rings. The molecule has 0 saturated carbocycles. The molecule has 1 unspecified atom stereocenters. The van der Waals surface area contributed by atoms with Crippen LogP contribution in [0.1, 0.15) is 37.3 Å². The van der Waals surface area contributed by atoms with Gasteiger partial charge in [-0.2, -0.15) is 0 Å². The van der Waals surface area contributed by atoms with Crippen molar-refractivity contribution in [2.24, 2.45) is 5.73 Å². The van der Waals surface area contributed by atoms with Crippen LogP contribution >= 0.6 is 12.4 Å². The second-order valence-electron chi connectivity index (χ2n) is 4.91. The molecule has 112 valence electrons. The van der Waals surface area contributed by atoms with Gasteiger partial charge < -0.3 is 15.4 Å². The van der Waals surface area contributed by atoms with E-state index in [1.165, 1.54) is 0 Å². The highest BCUT2D eigenvalue weighted by atomic mass is 35.5. The first kappa shape index (κ1) is 16.8. The third kappa shape index (κ3) is 3.87. The number of hydrogen-bond donors (Lipinski definition) is 1. The number of methoxy groups -OCH3 is 1. The Morgan fingerprint density at radius 2 is 2.30 bits per heavy atom. The van der Waals surface area contributed by atoms with Crippen LogP contribution in [0.5, 0.6) is 5.75 Å². The molecular weight excluding hydrogens is 276 g/mol. The first-order valence-electron chi connectivity index (χ1n) is 6.89. The van der Waals surface area contributed by atoms with E-state index in [1.54, 1.807) is 7.11 Å². The number of nitrogens with zero attached hydrogens (tertiary/aromatic N) is 1. The summed E-state index contributed by atoms with van der Waals surface area (Å²) in [6.07, 6.45) is 3.41. The quantitative estimate of drug-likeness (QED) is 0.909. The number of carbonyl (C=O) groups is 1. The fraction of sp³-hybridized carbons (Fsp3) is 0.533. The number of carbonyl (C=O) groups excluding carboxylic acids is 1. The molecule has 1 heterocycles. The highest BCUT2D eigenvalue weighted by Gasteiger charge is 2.29. The first-order valence-corrected chi connectivity index (χ1v) is 6.89. The Balaban J connectivity index is 0.00000200. The Labute approximate surface area is 126 Å². The van der Waals surface area contributed by atoms with E-state index in [4.69, 9.17) is 10.5 Å². The van der Waals surface area contributed by atoms with Crippen molar-refractivity contribution in [2.45, 2.75) is 31.7 Å². The Morgan fingerprint density at radius 1 is 1.50 bits per heavy atom. The number of ether oxygens (including phenoxy) is 1. The minimum Gasteiger partial charge on any atom is -0.497 e. The average molecular weight is 299 g/mol. The van der Waals surface area contributed by atoms with E-state index in [0.717, 1.165) is 37.1 Å². The van der Waals surface area contributed by atoms with Crippen molar-refractivity contribution in [3.8, 4) is 5.75 Å². The van der Waals surface area contributed by atoms with E-state index in [9.17, 15) is 4.79 Å². The van der Waals surface area contributed by atoms with E-state index >= 15 is 0 Å². The molecule has 4 nitrogen and oxygen atoms in total. The maximum atomic E-state index is 12.2. The standard InChI is InChI=1S/C15H22N2O2.ClH/c1-19-13-6-2-5-12(11-13)14-7-4-10-17(14)15(18)8-3-9-16;/h2,5-6,11,14H,3-4,7-10,16H2,1H3;1H. The largest absolute Gasteiger partial charge is 0.497 e. The molecule has 2 N–H and O–H groups in total. The number of nitrogens with two attached hydrogens (primary N) is 1. The summed E-state index contributed by atoms with van der Waals surface area (Å²) in [4.78, 5) is 14.2. The van der Waals surface area contributed by atoms with Crippen LogP contribution in [0.3, 0.4) is 0 Å². The summed E-state index contributed by atoms with van der Waals surface area (Å²) < 4.78 is 5.26. The van der Waals surface area contributed by atoms with Crippen molar-refractivity contribution in [3.05, 3.63) is 29.8 Å². The van der Waals surface area contributed by atoms with Gasteiger partial charge in [0, 0.05) is 13.0 Å². The van der Waals surface area contributed by atoms with Crippen LogP contribution in [0, 0.1) is 0 Å². The third-order valence-corrected chi connectivity index (χ3v) is 3.65. The van der Waals surface area contributed by atoms with Crippen LogP contribution in [0.15, 0.2) is 24.3 Å². The summed E-state index contributed by atoms with van der Waals surface area (Å²) in [6, 6.07) is 8.20. The highest BCUT2D eigenvalue weighted by molar-refractivity contribution is 5.85. The minimum atomic E-state index is 0. The van der Waals surface area contributed by atoms with Gasteiger partial charge in [-0.3, -0.25) is 4.79 Å². The molecule has 1 fully saturated rings. The van der Waals surface area contributed by atoms with Gasteiger partial charge in [0.15, 0.2) is 0 Å². The Kier molecular flexibility index (Phi) is 6.82. The number of halogens is 1. The maximum Gasteiger partial charge on any atom is 0.223 e. The Morgan fingerprint density at radius 3 is 3.00 bits per heavy atom. The molecule has 1 aromatic rings. The molecule has 1 aromatic carbocycles. The molecule has 0 aromatic heterocycles. The van der Waals surface area contributed by atoms with Crippen molar-refractivity contribution in [2.75, 3.05) is 20.2 Å². The van der Waals surface area contributed by atoms with Crippen LogP contribution in [-0.4, -0.2) is 31.0 Å². The predicted octanol–water partition coefficient (Wildman–Crippen LogP) is 2.52. The number of hydrogen-bond acceptors (Lipinski definition) is 3. The van der Waals surface area contributed by atoms with Crippen LogP contribution in [0.25, 0.3) is 0 Å². The monoisotopic (exact) mass is 298 g/mol. The third-order valence-electron chi connectivity index (χ3n) is 3.65.